The predicted octanol–water partition coefficient (Wildman–Crippen LogP) is 3.47. The maximum Gasteiger partial charge on any atom is 0.333 e. The van der Waals surface area contributed by atoms with Crippen LogP contribution in [0.2, 0.25) is 0 Å². The Morgan fingerprint density at radius 1 is 1.33 bits per heavy atom. The first-order valence-corrected chi connectivity index (χ1v) is 5.92. The minimum atomic E-state index is -0.242. The standard InChI is InChI=1S/C13H22O2/c1-4-13(8-6-5-7-9-13)10-15-12(14)11(2)3/h2,4-10H2,1,3H3. The van der Waals surface area contributed by atoms with Crippen LogP contribution in [0.1, 0.15) is 52.4 Å². The molecule has 0 bridgehead atoms. The van der Waals surface area contributed by atoms with Crippen molar-refractivity contribution < 1.29 is 9.53 Å². The maximum atomic E-state index is 11.3. The van der Waals surface area contributed by atoms with Gasteiger partial charge in [-0.2, -0.15) is 0 Å². The fourth-order valence-corrected chi connectivity index (χ4v) is 2.24. The molecule has 0 radical (unpaired) electrons. The molecule has 1 saturated carbocycles. The van der Waals surface area contributed by atoms with Crippen LogP contribution in [0.4, 0.5) is 0 Å². The summed E-state index contributed by atoms with van der Waals surface area (Å²) in [7, 11) is 0. The van der Waals surface area contributed by atoms with Crippen LogP contribution in [-0.4, -0.2) is 12.6 Å². The van der Waals surface area contributed by atoms with E-state index in [0.717, 1.165) is 6.42 Å². The van der Waals surface area contributed by atoms with Gasteiger partial charge in [0.15, 0.2) is 0 Å². The van der Waals surface area contributed by atoms with E-state index in [1.165, 1.54) is 32.1 Å². The lowest BCUT2D eigenvalue weighted by molar-refractivity contribution is -0.143. The van der Waals surface area contributed by atoms with Crippen LogP contribution < -0.4 is 0 Å². The number of hydrogen-bond donors (Lipinski definition) is 0. The summed E-state index contributed by atoms with van der Waals surface area (Å²) in [6.45, 7) is 8.06. The zero-order valence-electron chi connectivity index (χ0n) is 9.97. The lowest BCUT2D eigenvalue weighted by Crippen LogP contribution is -2.30. The first kappa shape index (κ1) is 12.3. The van der Waals surface area contributed by atoms with Crippen LogP contribution in [0.5, 0.6) is 0 Å². The monoisotopic (exact) mass is 210 g/mol. The van der Waals surface area contributed by atoms with Gasteiger partial charge < -0.3 is 4.74 Å². The average Bonchev–Trinajstić information content (AvgIpc) is 2.27. The van der Waals surface area contributed by atoms with Crippen molar-refractivity contribution in [2.45, 2.75) is 52.4 Å². The highest BCUT2D eigenvalue weighted by atomic mass is 16.5. The number of carbonyl (C=O) groups is 1. The SMILES string of the molecule is C=C(C)C(=O)OCC1(CC)CCCCC1. The van der Waals surface area contributed by atoms with E-state index in [0.29, 0.717) is 12.2 Å². The van der Waals surface area contributed by atoms with E-state index in [1.54, 1.807) is 6.92 Å². The Kier molecular flexibility index (Phi) is 4.37. The van der Waals surface area contributed by atoms with Gasteiger partial charge in [0.2, 0.25) is 0 Å². The van der Waals surface area contributed by atoms with Gasteiger partial charge in [-0.15, -0.1) is 0 Å². The Bertz CT molecular complexity index is 237. The third-order valence-electron chi connectivity index (χ3n) is 3.52. The molecule has 0 heterocycles. The summed E-state index contributed by atoms with van der Waals surface area (Å²) in [6.07, 6.45) is 7.39. The van der Waals surface area contributed by atoms with Gasteiger partial charge in [0, 0.05) is 11.0 Å². The van der Waals surface area contributed by atoms with Crippen molar-refractivity contribution in [1.82, 2.24) is 0 Å². The highest BCUT2D eigenvalue weighted by Crippen LogP contribution is 2.39. The van der Waals surface area contributed by atoms with Gasteiger partial charge >= 0.3 is 5.97 Å². The molecule has 86 valence electrons. The highest BCUT2D eigenvalue weighted by molar-refractivity contribution is 5.86. The van der Waals surface area contributed by atoms with Crippen LogP contribution in [0.3, 0.4) is 0 Å². The number of esters is 1. The molecule has 0 saturated heterocycles. The molecule has 0 unspecified atom stereocenters. The summed E-state index contributed by atoms with van der Waals surface area (Å²) in [5, 5.41) is 0. The van der Waals surface area contributed by atoms with Crippen molar-refractivity contribution in [2.75, 3.05) is 6.61 Å². The smallest absolute Gasteiger partial charge is 0.333 e. The number of hydrogen-bond acceptors (Lipinski definition) is 2. The molecule has 0 aromatic carbocycles. The van der Waals surface area contributed by atoms with E-state index >= 15 is 0 Å². The van der Waals surface area contributed by atoms with Crippen molar-refractivity contribution in [2.24, 2.45) is 5.41 Å². The van der Waals surface area contributed by atoms with Crippen LogP contribution in [0.15, 0.2) is 12.2 Å². The van der Waals surface area contributed by atoms with Gasteiger partial charge in [0.25, 0.3) is 0 Å². The van der Waals surface area contributed by atoms with Gasteiger partial charge in [-0.3, -0.25) is 0 Å². The summed E-state index contributed by atoms with van der Waals surface area (Å²) >= 11 is 0. The number of ether oxygens (including phenoxy) is 1. The lowest BCUT2D eigenvalue weighted by atomic mass is 9.73. The molecule has 0 aliphatic heterocycles. The third kappa shape index (κ3) is 3.37. The Morgan fingerprint density at radius 3 is 2.40 bits per heavy atom. The molecule has 1 aliphatic carbocycles. The summed E-state index contributed by atoms with van der Waals surface area (Å²) in [5.74, 6) is -0.242. The van der Waals surface area contributed by atoms with Crippen LogP contribution in [0, 0.1) is 5.41 Å². The molecule has 0 amide bonds. The molecule has 15 heavy (non-hydrogen) atoms. The van der Waals surface area contributed by atoms with E-state index < -0.39 is 0 Å². The molecule has 0 N–H and O–H groups in total. The summed E-state index contributed by atoms with van der Waals surface area (Å²) < 4.78 is 5.30. The second-order valence-electron chi connectivity index (χ2n) is 4.77. The first-order valence-electron chi connectivity index (χ1n) is 5.92. The molecular weight excluding hydrogens is 188 g/mol. The van der Waals surface area contributed by atoms with Crippen molar-refractivity contribution in [3.63, 3.8) is 0 Å². The van der Waals surface area contributed by atoms with Crippen molar-refractivity contribution in [3.05, 3.63) is 12.2 Å². The minimum Gasteiger partial charge on any atom is -0.462 e. The topological polar surface area (TPSA) is 26.3 Å². The molecule has 0 spiro atoms. The first-order chi connectivity index (χ1) is 7.09. The molecule has 1 rings (SSSR count). The second-order valence-corrected chi connectivity index (χ2v) is 4.77. The minimum absolute atomic E-state index is 0.242. The van der Waals surface area contributed by atoms with Crippen LogP contribution in [0.25, 0.3) is 0 Å². The highest BCUT2D eigenvalue weighted by Gasteiger charge is 2.31. The summed E-state index contributed by atoms with van der Waals surface area (Å²) in [6, 6.07) is 0. The Balaban J connectivity index is 2.45. The van der Waals surface area contributed by atoms with E-state index in [4.69, 9.17) is 4.74 Å². The van der Waals surface area contributed by atoms with Gasteiger partial charge in [-0.05, 0) is 26.2 Å². The predicted molar refractivity (Wildman–Crippen MR) is 61.6 cm³/mol. The number of carbonyl (C=O) groups excluding carboxylic acids is 1. The molecule has 0 atom stereocenters. The fraction of sp³-hybridized carbons (Fsp3) is 0.769. The molecule has 1 aliphatic rings. The molecule has 2 nitrogen and oxygen atoms in total. The molecule has 1 fully saturated rings. The second kappa shape index (κ2) is 5.34. The lowest BCUT2D eigenvalue weighted by Gasteiger charge is -2.35. The van der Waals surface area contributed by atoms with Crippen molar-refractivity contribution in [3.8, 4) is 0 Å². The molecule has 0 aromatic rings. The maximum absolute atomic E-state index is 11.3. The molecular formula is C13H22O2. The van der Waals surface area contributed by atoms with E-state index in [9.17, 15) is 4.79 Å². The largest absolute Gasteiger partial charge is 0.462 e. The van der Waals surface area contributed by atoms with Gasteiger partial charge in [-0.25, -0.2) is 4.79 Å². The summed E-state index contributed by atoms with van der Waals surface area (Å²) in [5.41, 5.74) is 0.751. The molecule has 0 aromatic heterocycles. The zero-order chi connectivity index (χ0) is 11.3. The zero-order valence-corrected chi connectivity index (χ0v) is 9.97. The van der Waals surface area contributed by atoms with Gasteiger partial charge in [0.1, 0.15) is 0 Å². The quantitative estimate of drug-likeness (QED) is 0.524. The van der Waals surface area contributed by atoms with E-state index in [2.05, 4.69) is 13.5 Å². The van der Waals surface area contributed by atoms with Crippen LogP contribution >= 0.6 is 0 Å². The third-order valence-corrected chi connectivity index (χ3v) is 3.52. The van der Waals surface area contributed by atoms with Crippen molar-refractivity contribution in [1.29, 1.82) is 0 Å². The Hall–Kier alpha value is -0.790. The number of rotatable bonds is 4. The Morgan fingerprint density at radius 2 is 1.93 bits per heavy atom. The Labute approximate surface area is 92.7 Å². The summed E-state index contributed by atoms with van der Waals surface area (Å²) in [4.78, 5) is 11.3. The average molecular weight is 210 g/mol. The normalized spacial score (nSPS) is 19.6. The van der Waals surface area contributed by atoms with Gasteiger partial charge in [0.05, 0.1) is 6.61 Å². The van der Waals surface area contributed by atoms with E-state index in [1.807, 2.05) is 0 Å². The molecule has 2 heteroatoms. The van der Waals surface area contributed by atoms with Crippen LogP contribution in [-0.2, 0) is 9.53 Å². The van der Waals surface area contributed by atoms with E-state index in [-0.39, 0.29) is 11.4 Å². The van der Waals surface area contributed by atoms with Crippen molar-refractivity contribution >= 4 is 5.97 Å². The fourth-order valence-electron chi connectivity index (χ4n) is 2.24. The van der Waals surface area contributed by atoms with Gasteiger partial charge in [-0.1, -0.05) is 32.8 Å².